The van der Waals surface area contributed by atoms with Crippen LogP contribution in [0, 0.1) is 0 Å². The SMILES string of the molecule is CC(C)c1nc(CC(N)=O)ncc1C(=O)O. The molecule has 1 aromatic rings. The molecule has 86 valence electrons. The smallest absolute Gasteiger partial charge is 0.339 e. The highest BCUT2D eigenvalue weighted by atomic mass is 16.4. The predicted molar refractivity (Wildman–Crippen MR) is 56.0 cm³/mol. The Labute approximate surface area is 92.5 Å². The largest absolute Gasteiger partial charge is 0.478 e. The van der Waals surface area contributed by atoms with E-state index in [0.29, 0.717) is 5.69 Å². The molecule has 1 aromatic heterocycles. The Kier molecular flexibility index (Phi) is 3.55. The van der Waals surface area contributed by atoms with E-state index in [9.17, 15) is 9.59 Å². The Bertz CT molecular complexity index is 429. The van der Waals surface area contributed by atoms with Crippen molar-refractivity contribution in [1.82, 2.24) is 9.97 Å². The summed E-state index contributed by atoms with van der Waals surface area (Å²) in [5, 5.41) is 8.92. The monoisotopic (exact) mass is 223 g/mol. The Hall–Kier alpha value is -1.98. The third-order valence-electron chi connectivity index (χ3n) is 1.98. The Morgan fingerprint density at radius 3 is 2.56 bits per heavy atom. The number of nitrogens with zero attached hydrogens (tertiary/aromatic N) is 2. The maximum Gasteiger partial charge on any atom is 0.339 e. The molecule has 0 saturated heterocycles. The van der Waals surface area contributed by atoms with Crippen LogP contribution < -0.4 is 5.73 Å². The molecule has 0 aliphatic carbocycles. The number of carboxylic acid groups (broad SMARTS) is 1. The molecule has 6 heteroatoms. The van der Waals surface area contributed by atoms with E-state index in [1.165, 1.54) is 6.20 Å². The van der Waals surface area contributed by atoms with Gasteiger partial charge in [0.25, 0.3) is 0 Å². The Morgan fingerprint density at radius 2 is 2.12 bits per heavy atom. The molecule has 1 heterocycles. The van der Waals surface area contributed by atoms with Gasteiger partial charge in [0.15, 0.2) is 0 Å². The number of carbonyl (C=O) groups is 2. The van der Waals surface area contributed by atoms with E-state index in [2.05, 4.69) is 9.97 Å². The topological polar surface area (TPSA) is 106 Å². The molecule has 6 nitrogen and oxygen atoms in total. The molecule has 0 aromatic carbocycles. The van der Waals surface area contributed by atoms with E-state index in [-0.39, 0.29) is 23.7 Å². The van der Waals surface area contributed by atoms with Crippen LogP contribution in [-0.2, 0) is 11.2 Å². The number of aromatic carboxylic acids is 1. The van der Waals surface area contributed by atoms with E-state index in [1.807, 2.05) is 13.8 Å². The fourth-order valence-electron chi connectivity index (χ4n) is 1.28. The molecule has 16 heavy (non-hydrogen) atoms. The van der Waals surface area contributed by atoms with Gasteiger partial charge in [-0.05, 0) is 5.92 Å². The van der Waals surface area contributed by atoms with Crippen molar-refractivity contribution in [1.29, 1.82) is 0 Å². The zero-order chi connectivity index (χ0) is 12.3. The van der Waals surface area contributed by atoms with Crippen molar-refractivity contribution < 1.29 is 14.7 Å². The van der Waals surface area contributed by atoms with E-state index in [0.717, 1.165) is 0 Å². The fraction of sp³-hybridized carbons (Fsp3) is 0.400. The molecule has 1 amide bonds. The second-order valence-electron chi connectivity index (χ2n) is 3.69. The van der Waals surface area contributed by atoms with E-state index in [4.69, 9.17) is 10.8 Å². The van der Waals surface area contributed by atoms with Crippen LogP contribution in [0.25, 0.3) is 0 Å². The summed E-state index contributed by atoms with van der Waals surface area (Å²) >= 11 is 0. The summed E-state index contributed by atoms with van der Waals surface area (Å²) in [6.45, 7) is 3.64. The zero-order valence-electron chi connectivity index (χ0n) is 9.10. The van der Waals surface area contributed by atoms with Gasteiger partial charge in [0, 0.05) is 6.20 Å². The molecule has 0 radical (unpaired) electrons. The van der Waals surface area contributed by atoms with Crippen molar-refractivity contribution in [2.75, 3.05) is 0 Å². The lowest BCUT2D eigenvalue weighted by Gasteiger charge is -2.09. The summed E-state index contributed by atoms with van der Waals surface area (Å²) in [6.07, 6.45) is 1.13. The maximum absolute atomic E-state index is 10.9. The molecule has 0 aliphatic heterocycles. The molecule has 1 rings (SSSR count). The van der Waals surface area contributed by atoms with E-state index < -0.39 is 11.9 Å². The van der Waals surface area contributed by atoms with Crippen LogP contribution in [-0.4, -0.2) is 27.0 Å². The van der Waals surface area contributed by atoms with Crippen molar-refractivity contribution >= 4 is 11.9 Å². The van der Waals surface area contributed by atoms with Crippen LogP contribution in [0.4, 0.5) is 0 Å². The van der Waals surface area contributed by atoms with Crippen LogP contribution in [0.3, 0.4) is 0 Å². The minimum Gasteiger partial charge on any atom is -0.478 e. The van der Waals surface area contributed by atoms with Gasteiger partial charge >= 0.3 is 5.97 Å². The van der Waals surface area contributed by atoms with Gasteiger partial charge in [-0.15, -0.1) is 0 Å². The van der Waals surface area contributed by atoms with Crippen LogP contribution in [0.15, 0.2) is 6.20 Å². The van der Waals surface area contributed by atoms with Crippen LogP contribution in [0.5, 0.6) is 0 Å². The van der Waals surface area contributed by atoms with Crippen LogP contribution in [0.2, 0.25) is 0 Å². The molecule has 0 aliphatic rings. The molecule has 0 unspecified atom stereocenters. The third kappa shape index (κ3) is 2.75. The average molecular weight is 223 g/mol. The van der Waals surface area contributed by atoms with Crippen LogP contribution in [0.1, 0.15) is 41.6 Å². The summed E-state index contributed by atoms with van der Waals surface area (Å²) < 4.78 is 0. The molecule has 3 N–H and O–H groups in total. The third-order valence-corrected chi connectivity index (χ3v) is 1.98. The van der Waals surface area contributed by atoms with Crippen molar-refractivity contribution in [3.05, 3.63) is 23.3 Å². The number of hydrogen-bond donors (Lipinski definition) is 2. The van der Waals surface area contributed by atoms with Crippen molar-refractivity contribution in [2.24, 2.45) is 5.73 Å². The first-order chi connectivity index (χ1) is 7.41. The van der Waals surface area contributed by atoms with Gasteiger partial charge in [0.1, 0.15) is 5.82 Å². The second kappa shape index (κ2) is 4.69. The highest BCUT2D eigenvalue weighted by Gasteiger charge is 2.16. The molecule has 0 spiro atoms. The number of aromatic nitrogens is 2. The van der Waals surface area contributed by atoms with Gasteiger partial charge in [0.05, 0.1) is 17.7 Å². The van der Waals surface area contributed by atoms with Crippen molar-refractivity contribution in [2.45, 2.75) is 26.2 Å². The minimum atomic E-state index is -1.07. The molecular weight excluding hydrogens is 210 g/mol. The zero-order valence-corrected chi connectivity index (χ0v) is 9.10. The first-order valence-electron chi connectivity index (χ1n) is 4.79. The number of primary amides is 1. The highest BCUT2D eigenvalue weighted by molar-refractivity contribution is 5.88. The molecular formula is C10H13N3O3. The van der Waals surface area contributed by atoms with E-state index in [1.54, 1.807) is 0 Å². The van der Waals surface area contributed by atoms with Gasteiger partial charge in [-0.1, -0.05) is 13.8 Å². The second-order valence-corrected chi connectivity index (χ2v) is 3.69. The minimum absolute atomic E-state index is 0.0549. The average Bonchev–Trinajstić information content (AvgIpc) is 2.16. The molecule has 0 atom stereocenters. The summed E-state index contributed by atoms with van der Waals surface area (Å²) in [4.78, 5) is 29.4. The number of nitrogens with two attached hydrogens (primary N) is 1. The fourth-order valence-corrected chi connectivity index (χ4v) is 1.28. The maximum atomic E-state index is 10.9. The molecule has 0 saturated carbocycles. The first-order valence-corrected chi connectivity index (χ1v) is 4.79. The lowest BCUT2D eigenvalue weighted by molar-refractivity contribution is -0.117. The van der Waals surface area contributed by atoms with Crippen molar-refractivity contribution in [3.8, 4) is 0 Å². The number of rotatable bonds is 4. The lowest BCUT2D eigenvalue weighted by atomic mass is 10.1. The lowest BCUT2D eigenvalue weighted by Crippen LogP contribution is -2.18. The summed E-state index contributed by atoms with van der Waals surface area (Å²) in [5.74, 6) is -1.42. The Morgan fingerprint density at radius 1 is 1.50 bits per heavy atom. The van der Waals surface area contributed by atoms with Crippen molar-refractivity contribution in [3.63, 3.8) is 0 Å². The quantitative estimate of drug-likeness (QED) is 0.764. The normalized spacial score (nSPS) is 10.4. The van der Waals surface area contributed by atoms with Gasteiger partial charge in [-0.3, -0.25) is 4.79 Å². The predicted octanol–water partition coefficient (Wildman–Crippen LogP) is 0.326. The van der Waals surface area contributed by atoms with Gasteiger partial charge in [0.2, 0.25) is 5.91 Å². The van der Waals surface area contributed by atoms with Gasteiger partial charge in [-0.2, -0.15) is 0 Å². The number of carbonyl (C=O) groups excluding carboxylic acids is 1. The highest BCUT2D eigenvalue weighted by Crippen LogP contribution is 2.16. The first kappa shape index (κ1) is 12.1. The summed E-state index contributed by atoms with van der Waals surface area (Å²) in [7, 11) is 0. The van der Waals surface area contributed by atoms with E-state index >= 15 is 0 Å². The molecule has 0 bridgehead atoms. The molecule has 0 fully saturated rings. The number of amides is 1. The number of carboxylic acids is 1. The van der Waals surface area contributed by atoms with Crippen LogP contribution >= 0.6 is 0 Å². The summed E-state index contributed by atoms with van der Waals surface area (Å²) in [6, 6.07) is 0. The number of hydrogen-bond acceptors (Lipinski definition) is 4. The van der Waals surface area contributed by atoms with Gasteiger partial charge in [-0.25, -0.2) is 14.8 Å². The standard InChI is InChI=1S/C10H13N3O3/c1-5(2)9-6(10(15)16)4-12-8(13-9)3-7(11)14/h4-5H,3H2,1-2H3,(H2,11,14)(H,15,16). The Balaban J connectivity index is 3.17. The van der Waals surface area contributed by atoms with Gasteiger partial charge < -0.3 is 10.8 Å². The summed E-state index contributed by atoms with van der Waals surface area (Å²) in [5.41, 5.74) is 5.49.